The highest BCUT2D eigenvalue weighted by molar-refractivity contribution is 7.89. The molecule has 1 aromatic rings. The molecule has 4 nitrogen and oxygen atoms in total. The highest BCUT2D eigenvalue weighted by atomic mass is 32.2. The Morgan fingerprint density at radius 2 is 1.93 bits per heavy atom. The summed E-state index contributed by atoms with van der Waals surface area (Å²) in [5.74, 6) is -3.00. The number of nitrogens with two attached hydrogens (primary N) is 1. The van der Waals surface area contributed by atoms with Crippen molar-refractivity contribution in [1.29, 1.82) is 5.26 Å². The lowest BCUT2D eigenvalue weighted by atomic mass is 10.2. The summed E-state index contributed by atoms with van der Waals surface area (Å²) in [5.41, 5.74) is -0.312. The van der Waals surface area contributed by atoms with Crippen LogP contribution in [0.4, 0.5) is 8.78 Å². The fourth-order valence-electron chi connectivity index (χ4n) is 0.835. The van der Waals surface area contributed by atoms with Crippen molar-refractivity contribution in [1.82, 2.24) is 0 Å². The molecule has 0 aliphatic heterocycles. The Morgan fingerprint density at radius 3 is 2.36 bits per heavy atom. The van der Waals surface area contributed by atoms with Gasteiger partial charge in [-0.05, 0) is 12.1 Å². The smallest absolute Gasteiger partial charge is 0.225 e. The molecule has 0 saturated carbocycles. The minimum absolute atomic E-state index is 0.312. The van der Waals surface area contributed by atoms with E-state index >= 15 is 0 Å². The van der Waals surface area contributed by atoms with E-state index in [0.717, 1.165) is 0 Å². The van der Waals surface area contributed by atoms with Gasteiger partial charge in [0.2, 0.25) is 10.0 Å². The highest BCUT2D eigenvalue weighted by Crippen LogP contribution is 2.17. The van der Waals surface area contributed by atoms with E-state index in [9.17, 15) is 17.2 Å². The third-order valence-corrected chi connectivity index (χ3v) is 2.34. The van der Waals surface area contributed by atoms with E-state index in [2.05, 4.69) is 5.14 Å². The van der Waals surface area contributed by atoms with Crippen molar-refractivity contribution < 1.29 is 17.2 Å². The Morgan fingerprint density at radius 1 is 1.36 bits per heavy atom. The molecule has 0 atom stereocenters. The maximum Gasteiger partial charge on any atom is 0.241 e. The zero-order valence-corrected chi connectivity index (χ0v) is 7.48. The summed E-state index contributed by atoms with van der Waals surface area (Å²) in [4.78, 5) is -1.02. The number of nitriles is 1. The number of sulfonamides is 1. The van der Waals surface area contributed by atoms with E-state index in [1.165, 1.54) is 6.07 Å². The second-order valence-corrected chi connectivity index (χ2v) is 3.96. The first kappa shape index (κ1) is 10.6. The second-order valence-electron chi connectivity index (χ2n) is 2.43. The first-order valence-electron chi connectivity index (χ1n) is 3.28. The van der Waals surface area contributed by atoms with Gasteiger partial charge in [0.15, 0.2) is 11.6 Å². The third-order valence-electron chi connectivity index (χ3n) is 1.43. The van der Waals surface area contributed by atoms with Gasteiger partial charge in [0.1, 0.15) is 4.90 Å². The van der Waals surface area contributed by atoms with E-state index < -0.39 is 26.6 Å². The summed E-state index contributed by atoms with van der Waals surface area (Å²) in [7, 11) is -4.35. The lowest BCUT2D eigenvalue weighted by Crippen LogP contribution is -2.15. The van der Waals surface area contributed by atoms with Crippen molar-refractivity contribution in [3.63, 3.8) is 0 Å². The summed E-state index contributed by atoms with van der Waals surface area (Å²) in [6, 6.07) is 2.74. The van der Waals surface area contributed by atoms with Crippen LogP contribution >= 0.6 is 0 Å². The van der Waals surface area contributed by atoms with Crippen molar-refractivity contribution in [3.05, 3.63) is 29.3 Å². The lowest BCUT2D eigenvalue weighted by molar-refractivity contribution is 0.484. The maximum absolute atomic E-state index is 12.9. The predicted octanol–water partition coefficient (Wildman–Crippen LogP) is 0.484. The molecule has 0 heterocycles. The van der Waals surface area contributed by atoms with Gasteiger partial charge in [0.25, 0.3) is 0 Å². The number of hydrogen-bond acceptors (Lipinski definition) is 3. The zero-order chi connectivity index (χ0) is 10.9. The molecule has 2 N–H and O–H groups in total. The molecule has 74 valence electrons. The van der Waals surface area contributed by atoms with Gasteiger partial charge in [-0.3, -0.25) is 0 Å². The van der Waals surface area contributed by atoms with E-state index in [0.29, 0.717) is 12.1 Å². The van der Waals surface area contributed by atoms with Crippen molar-refractivity contribution >= 4 is 10.0 Å². The van der Waals surface area contributed by atoms with Crippen LogP contribution in [0.1, 0.15) is 5.56 Å². The normalized spacial score (nSPS) is 11.0. The van der Waals surface area contributed by atoms with Crippen LogP contribution in [0, 0.1) is 23.0 Å². The van der Waals surface area contributed by atoms with Gasteiger partial charge in [-0.25, -0.2) is 22.3 Å². The van der Waals surface area contributed by atoms with Crippen LogP contribution in [0.5, 0.6) is 0 Å². The average molecular weight is 218 g/mol. The number of nitrogens with zero attached hydrogens (tertiary/aromatic N) is 1. The first-order chi connectivity index (χ1) is 6.36. The van der Waals surface area contributed by atoms with Crippen molar-refractivity contribution in [2.45, 2.75) is 4.90 Å². The van der Waals surface area contributed by atoms with Crippen LogP contribution in [0.15, 0.2) is 17.0 Å². The Hall–Kier alpha value is -1.52. The zero-order valence-electron chi connectivity index (χ0n) is 6.66. The van der Waals surface area contributed by atoms with Crippen LogP contribution < -0.4 is 5.14 Å². The molecule has 1 aromatic carbocycles. The van der Waals surface area contributed by atoms with Crippen molar-refractivity contribution in [2.24, 2.45) is 5.14 Å². The minimum Gasteiger partial charge on any atom is -0.225 e. The number of benzene rings is 1. The summed E-state index contributed by atoms with van der Waals surface area (Å²) >= 11 is 0. The van der Waals surface area contributed by atoms with E-state index in [1.807, 2.05) is 0 Å². The van der Waals surface area contributed by atoms with Gasteiger partial charge in [0, 0.05) is 0 Å². The maximum atomic E-state index is 12.9. The molecule has 0 fully saturated rings. The van der Waals surface area contributed by atoms with Crippen LogP contribution in [0.2, 0.25) is 0 Å². The molecule has 0 unspecified atom stereocenters. The van der Waals surface area contributed by atoms with Crippen LogP contribution in [-0.4, -0.2) is 8.42 Å². The molecule has 0 aromatic heterocycles. The van der Waals surface area contributed by atoms with E-state index in [1.54, 1.807) is 0 Å². The monoisotopic (exact) mass is 218 g/mol. The third kappa shape index (κ3) is 1.86. The van der Waals surface area contributed by atoms with E-state index in [4.69, 9.17) is 5.26 Å². The average Bonchev–Trinajstić information content (AvgIpc) is 2.07. The van der Waals surface area contributed by atoms with Gasteiger partial charge in [-0.1, -0.05) is 0 Å². The lowest BCUT2D eigenvalue weighted by Gasteiger charge is -2.01. The number of hydrogen-bond donors (Lipinski definition) is 1. The molecule has 7 heteroatoms. The molecule has 0 saturated heterocycles. The summed E-state index contributed by atoms with van der Waals surface area (Å²) < 4.78 is 47.1. The summed E-state index contributed by atoms with van der Waals surface area (Å²) in [5, 5.41) is 13.0. The number of primary sulfonamides is 1. The SMILES string of the molecule is N#Cc1cc(F)c(F)c(S(N)(=O)=O)c1. The second kappa shape index (κ2) is 3.32. The Labute approximate surface area is 78.6 Å². The van der Waals surface area contributed by atoms with Gasteiger partial charge < -0.3 is 0 Å². The van der Waals surface area contributed by atoms with Gasteiger partial charge in [-0.2, -0.15) is 5.26 Å². The molecular formula is C7H4F2N2O2S. The quantitative estimate of drug-likeness (QED) is 0.744. The van der Waals surface area contributed by atoms with Crippen LogP contribution in [0.3, 0.4) is 0 Å². The standard InChI is InChI=1S/C7H4F2N2O2S/c8-5-1-4(3-10)2-6(7(5)9)14(11,12)13/h1-2H,(H2,11,12,13). The van der Waals surface area contributed by atoms with Gasteiger partial charge in [0.05, 0.1) is 11.6 Å². The molecule has 1 rings (SSSR count). The molecule has 0 radical (unpaired) electrons. The van der Waals surface area contributed by atoms with Crippen molar-refractivity contribution in [3.8, 4) is 6.07 Å². The number of halogens is 2. The van der Waals surface area contributed by atoms with Gasteiger partial charge in [-0.15, -0.1) is 0 Å². The summed E-state index contributed by atoms with van der Waals surface area (Å²) in [6.45, 7) is 0. The topological polar surface area (TPSA) is 83.9 Å². The molecule has 0 amide bonds. The number of rotatable bonds is 1. The largest absolute Gasteiger partial charge is 0.241 e. The molecule has 0 aliphatic rings. The Balaban J connectivity index is 3.61. The fourth-order valence-corrected chi connectivity index (χ4v) is 1.47. The molecule has 0 bridgehead atoms. The molecule has 0 aliphatic carbocycles. The van der Waals surface area contributed by atoms with E-state index in [-0.39, 0.29) is 5.56 Å². The Kier molecular flexibility index (Phi) is 2.51. The highest BCUT2D eigenvalue weighted by Gasteiger charge is 2.19. The first-order valence-corrected chi connectivity index (χ1v) is 4.83. The van der Waals surface area contributed by atoms with Crippen LogP contribution in [-0.2, 0) is 10.0 Å². The molecule has 14 heavy (non-hydrogen) atoms. The summed E-state index contributed by atoms with van der Waals surface area (Å²) in [6.07, 6.45) is 0. The minimum atomic E-state index is -4.35. The van der Waals surface area contributed by atoms with Crippen LogP contribution in [0.25, 0.3) is 0 Å². The predicted molar refractivity (Wildman–Crippen MR) is 42.4 cm³/mol. The Bertz CT molecular complexity index is 519. The fraction of sp³-hybridized carbons (Fsp3) is 0. The molecule has 0 spiro atoms. The molecular weight excluding hydrogens is 214 g/mol. The van der Waals surface area contributed by atoms with Gasteiger partial charge >= 0.3 is 0 Å². The van der Waals surface area contributed by atoms with Crippen molar-refractivity contribution in [2.75, 3.05) is 0 Å².